The third kappa shape index (κ3) is 4.80. The highest BCUT2D eigenvalue weighted by atomic mass is 16.5. The molecule has 1 aromatic carbocycles. The molecule has 0 bridgehead atoms. The van der Waals surface area contributed by atoms with Gasteiger partial charge < -0.3 is 24.4 Å². The predicted molar refractivity (Wildman–Crippen MR) is 135 cm³/mol. The number of aryl methyl sites for hydroxylation is 1. The largest absolute Gasteiger partial charge is 0.493 e. The minimum atomic E-state index is -0.242. The fraction of sp³-hybridized carbons (Fsp3) is 0.643. The van der Waals surface area contributed by atoms with Crippen molar-refractivity contribution in [3.63, 3.8) is 0 Å². The van der Waals surface area contributed by atoms with Gasteiger partial charge in [-0.15, -0.1) is 0 Å². The molecule has 2 saturated carbocycles. The highest BCUT2D eigenvalue weighted by Crippen LogP contribution is 2.49. The highest BCUT2D eigenvalue weighted by molar-refractivity contribution is 5.96. The van der Waals surface area contributed by atoms with Crippen molar-refractivity contribution in [3.05, 3.63) is 23.4 Å². The molecule has 188 valence electrons. The van der Waals surface area contributed by atoms with Crippen LogP contribution in [0.4, 0.5) is 5.69 Å². The van der Waals surface area contributed by atoms with Crippen molar-refractivity contribution >= 4 is 23.1 Å². The summed E-state index contributed by atoms with van der Waals surface area (Å²) in [5, 5.41) is 4.98. The van der Waals surface area contributed by atoms with Crippen LogP contribution in [-0.2, 0) is 16.0 Å². The molecule has 7 heteroatoms. The molecule has 2 aromatic rings. The van der Waals surface area contributed by atoms with E-state index in [1.54, 1.807) is 7.11 Å². The topological polar surface area (TPSA) is 72.9 Å². The molecule has 0 amide bonds. The number of anilines is 1. The van der Waals surface area contributed by atoms with Gasteiger partial charge in [-0.1, -0.05) is 0 Å². The maximum absolute atomic E-state index is 11.3. The molecule has 0 spiro atoms. The molecule has 1 unspecified atom stereocenters. The van der Waals surface area contributed by atoms with Crippen molar-refractivity contribution in [2.24, 2.45) is 11.8 Å². The van der Waals surface area contributed by atoms with Crippen LogP contribution in [0.2, 0.25) is 0 Å². The van der Waals surface area contributed by atoms with Crippen LogP contribution in [0.5, 0.6) is 11.5 Å². The van der Waals surface area contributed by atoms with Crippen LogP contribution in [0.25, 0.3) is 10.9 Å². The van der Waals surface area contributed by atoms with E-state index in [0.717, 1.165) is 77.0 Å². The summed E-state index contributed by atoms with van der Waals surface area (Å²) in [7, 11) is 1.70. The van der Waals surface area contributed by atoms with Gasteiger partial charge in [0, 0.05) is 29.6 Å². The number of nitrogens with one attached hydrogen (secondary N) is 1. The van der Waals surface area contributed by atoms with E-state index in [9.17, 15) is 4.79 Å². The number of fused-ring (bicyclic) bond motifs is 2. The van der Waals surface area contributed by atoms with E-state index in [2.05, 4.69) is 16.3 Å². The van der Waals surface area contributed by atoms with E-state index in [1.165, 1.54) is 51.6 Å². The maximum Gasteiger partial charge on any atom is 0.293 e. The lowest BCUT2D eigenvalue weighted by Crippen LogP contribution is -2.25. The Morgan fingerprint density at radius 1 is 1.11 bits per heavy atom. The first-order chi connectivity index (χ1) is 17.2. The normalized spacial score (nSPS) is 21.9. The third-order valence-corrected chi connectivity index (χ3v) is 8.22. The van der Waals surface area contributed by atoms with Gasteiger partial charge in [-0.25, -0.2) is 0 Å². The van der Waals surface area contributed by atoms with Gasteiger partial charge in [-0.05, 0) is 88.8 Å². The average molecular weight is 480 g/mol. The predicted octanol–water partition coefficient (Wildman–Crippen LogP) is 4.87. The van der Waals surface area contributed by atoms with Gasteiger partial charge >= 0.3 is 0 Å². The van der Waals surface area contributed by atoms with Crippen LogP contribution in [0.1, 0.15) is 68.7 Å². The Morgan fingerprint density at radius 3 is 2.57 bits per heavy atom. The lowest BCUT2D eigenvalue weighted by atomic mass is 10.0. The number of ether oxygens (including phenoxy) is 3. The fourth-order valence-corrected chi connectivity index (χ4v) is 6.09. The number of pyridine rings is 1. The Labute approximate surface area is 207 Å². The maximum atomic E-state index is 11.3. The van der Waals surface area contributed by atoms with Crippen LogP contribution < -0.4 is 14.8 Å². The number of rotatable bonds is 12. The molecule has 1 atom stereocenters. The van der Waals surface area contributed by atoms with Crippen molar-refractivity contribution < 1.29 is 19.0 Å². The molecule has 6 rings (SSSR count). The van der Waals surface area contributed by atoms with Gasteiger partial charge in [0.15, 0.2) is 11.5 Å². The molecule has 7 nitrogen and oxygen atoms in total. The van der Waals surface area contributed by atoms with E-state index in [1.807, 2.05) is 6.07 Å². The first kappa shape index (κ1) is 22.9. The summed E-state index contributed by atoms with van der Waals surface area (Å²) in [4.78, 5) is 18.8. The van der Waals surface area contributed by atoms with Crippen molar-refractivity contribution in [3.8, 4) is 11.5 Å². The molecule has 3 fully saturated rings. The molecular formula is C28H37N3O4. The summed E-state index contributed by atoms with van der Waals surface area (Å²) in [6, 6.07) is 4.58. The van der Waals surface area contributed by atoms with Crippen LogP contribution in [0, 0.1) is 11.8 Å². The number of likely N-dealkylation sites (tertiary alicyclic amines) is 1. The van der Waals surface area contributed by atoms with Crippen molar-refractivity contribution in [2.75, 3.05) is 38.7 Å². The van der Waals surface area contributed by atoms with Crippen LogP contribution in [0.3, 0.4) is 0 Å². The second kappa shape index (κ2) is 9.84. The third-order valence-electron chi connectivity index (χ3n) is 8.22. The molecule has 3 aliphatic carbocycles. The first-order valence-corrected chi connectivity index (χ1v) is 13.5. The minimum absolute atomic E-state index is 0.242. The number of carbonyl (C=O) groups excluding carboxylic acids is 1. The highest BCUT2D eigenvalue weighted by Gasteiger charge is 2.42. The minimum Gasteiger partial charge on any atom is -0.493 e. The van der Waals surface area contributed by atoms with E-state index >= 15 is 0 Å². The molecule has 0 radical (unpaired) electrons. The zero-order chi connectivity index (χ0) is 23.8. The van der Waals surface area contributed by atoms with Crippen LogP contribution in [0.15, 0.2) is 12.1 Å². The summed E-state index contributed by atoms with van der Waals surface area (Å²) in [6.45, 7) is 4.74. The van der Waals surface area contributed by atoms with Crippen molar-refractivity contribution in [1.82, 2.24) is 9.88 Å². The van der Waals surface area contributed by atoms with E-state index < -0.39 is 0 Å². The van der Waals surface area contributed by atoms with E-state index in [-0.39, 0.29) is 6.10 Å². The number of aromatic nitrogens is 1. The zero-order valence-electron chi connectivity index (χ0n) is 20.8. The molecule has 35 heavy (non-hydrogen) atoms. The van der Waals surface area contributed by atoms with Crippen molar-refractivity contribution in [1.29, 1.82) is 0 Å². The SMILES string of the molecule is COc1cc2c(NC(C3CC3)C3CC3)c3c(nc2cc1OCCCN1CCCC1)CCC3OC=O. The number of hydrogen-bond acceptors (Lipinski definition) is 7. The Kier molecular flexibility index (Phi) is 6.44. The van der Waals surface area contributed by atoms with Crippen molar-refractivity contribution in [2.45, 2.75) is 69.9 Å². The van der Waals surface area contributed by atoms with E-state index in [4.69, 9.17) is 19.2 Å². The smallest absolute Gasteiger partial charge is 0.293 e. The summed E-state index contributed by atoms with van der Waals surface area (Å²) in [6.07, 6.45) is 10.2. The summed E-state index contributed by atoms with van der Waals surface area (Å²) in [5.41, 5.74) is 4.08. The van der Waals surface area contributed by atoms with Gasteiger partial charge in [0.2, 0.25) is 0 Å². The van der Waals surface area contributed by atoms with Gasteiger partial charge in [0.1, 0.15) is 6.10 Å². The zero-order valence-corrected chi connectivity index (χ0v) is 20.8. The number of carbonyl (C=O) groups is 1. The molecule has 1 saturated heterocycles. The lowest BCUT2D eigenvalue weighted by Gasteiger charge is -2.25. The van der Waals surface area contributed by atoms with Gasteiger partial charge in [-0.2, -0.15) is 0 Å². The Hall–Kier alpha value is -2.54. The van der Waals surface area contributed by atoms with Gasteiger partial charge in [0.25, 0.3) is 6.47 Å². The summed E-state index contributed by atoms with van der Waals surface area (Å²) < 4.78 is 17.5. The quantitative estimate of drug-likeness (QED) is 0.344. The second-order valence-electron chi connectivity index (χ2n) is 10.7. The molecular weight excluding hydrogens is 442 g/mol. The Morgan fingerprint density at radius 2 is 1.89 bits per heavy atom. The molecule has 4 aliphatic rings. The number of benzene rings is 1. The van der Waals surface area contributed by atoms with Gasteiger partial charge in [-0.3, -0.25) is 9.78 Å². The van der Waals surface area contributed by atoms with E-state index in [0.29, 0.717) is 19.1 Å². The number of hydrogen-bond donors (Lipinski definition) is 1. The Bertz CT molecular complexity index is 1060. The first-order valence-electron chi connectivity index (χ1n) is 13.5. The monoisotopic (exact) mass is 479 g/mol. The standard InChI is InChI=1S/C28H37N3O4/c1-33-24-15-20-22(16-25(24)34-14-4-13-31-11-2-3-12-31)29-21-9-10-23(35-17-32)26(21)28(20)30-27(18-5-6-18)19-7-8-19/h15-19,23,27H,2-14H2,1H3,(H,29,30). The fourth-order valence-electron chi connectivity index (χ4n) is 6.09. The molecule has 1 aromatic heterocycles. The van der Waals surface area contributed by atoms with Gasteiger partial charge in [0.05, 0.1) is 30.6 Å². The summed E-state index contributed by atoms with van der Waals surface area (Å²) >= 11 is 0. The Balaban J connectivity index is 1.32. The molecule has 2 heterocycles. The molecule has 1 N–H and O–H groups in total. The summed E-state index contributed by atoms with van der Waals surface area (Å²) in [5.74, 6) is 2.96. The van der Waals surface area contributed by atoms with Crippen LogP contribution >= 0.6 is 0 Å². The number of nitrogens with zero attached hydrogens (tertiary/aromatic N) is 2. The lowest BCUT2D eigenvalue weighted by molar-refractivity contribution is -0.133. The number of methoxy groups -OCH3 is 1. The van der Waals surface area contributed by atoms with Crippen LogP contribution in [-0.4, -0.2) is 55.7 Å². The average Bonchev–Trinajstić information content (AvgIpc) is 3.80. The molecule has 1 aliphatic heterocycles. The second-order valence-corrected chi connectivity index (χ2v) is 10.7.